The van der Waals surface area contributed by atoms with Crippen LogP contribution in [0.15, 0.2) is 24.3 Å². The summed E-state index contributed by atoms with van der Waals surface area (Å²) in [6, 6.07) is 6.59. The number of nitrogens with one attached hydrogen (secondary N) is 2. The Kier molecular flexibility index (Phi) is 5.26. The summed E-state index contributed by atoms with van der Waals surface area (Å²) in [5.41, 5.74) is 1.74. The molecule has 0 aromatic heterocycles. The van der Waals surface area contributed by atoms with E-state index >= 15 is 0 Å². The molecular weight excluding hydrogens is 274 g/mol. The van der Waals surface area contributed by atoms with E-state index in [0.717, 1.165) is 12.0 Å². The van der Waals surface area contributed by atoms with Crippen molar-refractivity contribution < 1.29 is 13.6 Å². The summed E-state index contributed by atoms with van der Waals surface area (Å²) in [5.74, 6) is -3.19. The number of hydrogen-bond donors (Lipinski definition) is 2. The third-order valence-corrected chi connectivity index (χ3v) is 3.03. The van der Waals surface area contributed by atoms with E-state index < -0.39 is 30.8 Å². The van der Waals surface area contributed by atoms with Gasteiger partial charge in [0.05, 0.1) is 12.6 Å². The Labute approximate surface area is 117 Å². The number of alkyl halides is 2. The van der Waals surface area contributed by atoms with Crippen molar-refractivity contribution in [3.8, 4) is 0 Å². The quantitative estimate of drug-likeness (QED) is 0.898. The number of carbonyl (C=O) groups excluding carboxylic acids is 1. The molecule has 106 valence electrons. The number of anilines is 1. The predicted molar refractivity (Wildman–Crippen MR) is 73.1 cm³/mol. The van der Waals surface area contributed by atoms with Gasteiger partial charge in [-0.1, -0.05) is 19.1 Å². The van der Waals surface area contributed by atoms with Gasteiger partial charge < -0.3 is 5.32 Å². The minimum absolute atomic E-state index is 0. The van der Waals surface area contributed by atoms with Crippen LogP contribution in [0.1, 0.15) is 18.9 Å². The normalized spacial score (nSPS) is 20.7. The second-order valence-electron chi connectivity index (χ2n) is 4.54. The van der Waals surface area contributed by atoms with Gasteiger partial charge in [-0.2, -0.15) is 0 Å². The summed E-state index contributed by atoms with van der Waals surface area (Å²) in [7, 11) is 0. The average molecular weight is 291 g/mol. The van der Waals surface area contributed by atoms with Crippen molar-refractivity contribution in [2.75, 3.05) is 11.9 Å². The smallest absolute Gasteiger partial charge is 0.262 e. The third-order valence-electron chi connectivity index (χ3n) is 3.03. The Morgan fingerprint density at radius 2 is 2.26 bits per heavy atom. The predicted octanol–water partition coefficient (Wildman–Crippen LogP) is 2.61. The van der Waals surface area contributed by atoms with Crippen LogP contribution in [0.3, 0.4) is 0 Å². The van der Waals surface area contributed by atoms with Crippen LogP contribution in [0.25, 0.3) is 0 Å². The zero-order valence-corrected chi connectivity index (χ0v) is 11.4. The molecule has 1 heterocycles. The zero-order chi connectivity index (χ0) is 13.2. The zero-order valence-electron chi connectivity index (χ0n) is 10.6. The molecule has 1 unspecified atom stereocenters. The molecule has 0 bridgehead atoms. The molecule has 1 amide bonds. The molecular formula is C13H17ClF2N2O. The molecule has 1 aliphatic heterocycles. The first kappa shape index (κ1) is 15.9. The molecule has 0 spiro atoms. The average Bonchev–Trinajstić information content (AvgIpc) is 2.70. The van der Waals surface area contributed by atoms with E-state index in [1.165, 1.54) is 0 Å². The fourth-order valence-electron chi connectivity index (χ4n) is 2.00. The fraction of sp³-hybridized carbons (Fsp3) is 0.462. The standard InChI is InChI=1S/C13H16F2N2O.ClH/c1-2-9-4-3-5-10(6-9)17-12(18)11-7-13(14,15)8-16-11;/h3-6,11,16H,2,7-8H2,1H3,(H,17,18);1H. The van der Waals surface area contributed by atoms with Crippen LogP contribution < -0.4 is 10.6 Å². The third kappa shape index (κ3) is 4.14. The number of hydrogen-bond acceptors (Lipinski definition) is 2. The lowest BCUT2D eigenvalue weighted by Crippen LogP contribution is -2.35. The minimum atomic E-state index is -2.78. The molecule has 6 heteroatoms. The maximum atomic E-state index is 13.0. The highest BCUT2D eigenvalue weighted by molar-refractivity contribution is 5.95. The number of carbonyl (C=O) groups is 1. The number of amides is 1. The minimum Gasteiger partial charge on any atom is -0.325 e. The van der Waals surface area contributed by atoms with Crippen LogP contribution in [-0.2, 0) is 11.2 Å². The van der Waals surface area contributed by atoms with Crippen molar-refractivity contribution in [1.29, 1.82) is 0 Å². The molecule has 0 aliphatic carbocycles. The number of aryl methyl sites for hydroxylation is 1. The van der Waals surface area contributed by atoms with Gasteiger partial charge in [-0.05, 0) is 24.1 Å². The van der Waals surface area contributed by atoms with Crippen molar-refractivity contribution in [3.63, 3.8) is 0 Å². The van der Waals surface area contributed by atoms with Crippen LogP contribution in [0.5, 0.6) is 0 Å². The van der Waals surface area contributed by atoms with Crippen LogP contribution in [0, 0.1) is 0 Å². The van der Waals surface area contributed by atoms with E-state index in [9.17, 15) is 13.6 Å². The fourth-order valence-corrected chi connectivity index (χ4v) is 2.00. The lowest BCUT2D eigenvalue weighted by Gasteiger charge is -2.11. The molecule has 1 aliphatic rings. The summed E-state index contributed by atoms with van der Waals surface area (Å²) in [4.78, 5) is 11.8. The van der Waals surface area contributed by atoms with E-state index in [1.807, 2.05) is 25.1 Å². The van der Waals surface area contributed by atoms with E-state index in [4.69, 9.17) is 0 Å². The Bertz CT molecular complexity index is 454. The Morgan fingerprint density at radius 1 is 1.53 bits per heavy atom. The maximum Gasteiger partial charge on any atom is 0.262 e. The Hall–Kier alpha value is -1.20. The van der Waals surface area contributed by atoms with Gasteiger partial charge in [0.2, 0.25) is 5.91 Å². The highest BCUT2D eigenvalue weighted by Crippen LogP contribution is 2.25. The van der Waals surface area contributed by atoms with Gasteiger partial charge in [0.15, 0.2) is 0 Å². The second-order valence-corrected chi connectivity index (χ2v) is 4.54. The Balaban J connectivity index is 0.00000180. The molecule has 3 nitrogen and oxygen atoms in total. The summed E-state index contributed by atoms with van der Waals surface area (Å²) in [6.07, 6.45) is 0.426. The molecule has 2 rings (SSSR count). The number of benzene rings is 1. The van der Waals surface area contributed by atoms with E-state index in [0.29, 0.717) is 5.69 Å². The molecule has 0 saturated carbocycles. The monoisotopic (exact) mass is 290 g/mol. The van der Waals surface area contributed by atoms with E-state index in [-0.39, 0.29) is 12.4 Å². The summed E-state index contributed by atoms with van der Waals surface area (Å²) < 4.78 is 25.9. The van der Waals surface area contributed by atoms with Crippen LogP contribution in [0.2, 0.25) is 0 Å². The highest BCUT2D eigenvalue weighted by atomic mass is 35.5. The van der Waals surface area contributed by atoms with Gasteiger partial charge in [-0.25, -0.2) is 8.78 Å². The highest BCUT2D eigenvalue weighted by Gasteiger charge is 2.42. The van der Waals surface area contributed by atoms with Crippen molar-refractivity contribution in [3.05, 3.63) is 29.8 Å². The van der Waals surface area contributed by atoms with Crippen molar-refractivity contribution in [2.45, 2.75) is 31.7 Å². The van der Waals surface area contributed by atoms with Crippen molar-refractivity contribution in [2.24, 2.45) is 0 Å². The molecule has 2 N–H and O–H groups in total. The molecule has 1 saturated heterocycles. The lowest BCUT2D eigenvalue weighted by atomic mass is 10.1. The first-order valence-corrected chi connectivity index (χ1v) is 6.01. The summed E-state index contributed by atoms with van der Waals surface area (Å²) in [5, 5.41) is 5.20. The lowest BCUT2D eigenvalue weighted by molar-refractivity contribution is -0.118. The largest absolute Gasteiger partial charge is 0.325 e. The second kappa shape index (κ2) is 6.30. The molecule has 19 heavy (non-hydrogen) atoms. The molecule has 1 atom stereocenters. The molecule has 1 aromatic carbocycles. The van der Waals surface area contributed by atoms with Crippen molar-refractivity contribution >= 4 is 24.0 Å². The van der Waals surface area contributed by atoms with Gasteiger partial charge in [0.25, 0.3) is 5.92 Å². The summed E-state index contributed by atoms with van der Waals surface area (Å²) >= 11 is 0. The number of halogens is 3. The van der Waals surface area contributed by atoms with Gasteiger partial charge in [0.1, 0.15) is 0 Å². The van der Waals surface area contributed by atoms with Gasteiger partial charge >= 0.3 is 0 Å². The van der Waals surface area contributed by atoms with Gasteiger partial charge in [0, 0.05) is 12.1 Å². The van der Waals surface area contributed by atoms with Crippen LogP contribution in [-0.4, -0.2) is 24.4 Å². The van der Waals surface area contributed by atoms with Gasteiger partial charge in [-0.15, -0.1) is 12.4 Å². The van der Waals surface area contributed by atoms with Crippen LogP contribution >= 0.6 is 12.4 Å². The number of rotatable bonds is 3. The first-order chi connectivity index (χ1) is 8.50. The molecule has 0 radical (unpaired) electrons. The van der Waals surface area contributed by atoms with E-state index in [2.05, 4.69) is 10.6 Å². The SMILES string of the molecule is CCc1cccc(NC(=O)C2CC(F)(F)CN2)c1.Cl. The van der Waals surface area contributed by atoms with Crippen LogP contribution in [0.4, 0.5) is 14.5 Å². The molecule has 1 fully saturated rings. The van der Waals surface area contributed by atoms with E-state index in [1.54, 1.807) is 6.07 Å². The molecule has 1 aromatic rings. The maximum absolute atomic E-state index is 13.0. The first-order valence-electron chi connectivity index (χ1n) is 6.01. The van der Waals surface area contributed by atoms with Crippen molar-refractivity contribution in [1.82, 2.24) is 5.32 Å². The van der Waals surface area contributed by atoms with Gasteiger partial charge in [-0.3, -0.25) is 10.1 Å². The topological polar surface area (TPSA) is 41.1 Å². The summed E-state index contributed by atoms with van der Waals surface area (Å²) in [6.45, 7) is 1.58. The Morgan fingerprint density at radius 3 is 2.84 bits per heavy atom.